The van der Waals surface area contributed by atoms with Gasteiger partial charge in [0, 0.05) is 12.7 Å². The van der Waals surface area contributed by atoms with Crippen LogP contribution in [0.5, 0.6) is 0 Å². The van der Waals surface area contributed by atoms with Crippen molar-refractivity contribution in [2.75, 3.05) is 26.2 Å². The number of aromatic nitrogens is 2. The molecule has 1 aromatic rings. The van der Waals surface area contributed by atoms with Crippen molar-refractivity contribution in [3.63, 3.8) is 0 Å². The molecule has 2 rings (SSSR count). The minimum atomic E-state index is -4.45. The zero-order valence-electron chi connectivity index (χ0n) is 12.7. The zero-order chi connectivity index (χ0) is 16.9. The number of nitrogens with zero attached hydrogens (tertiary/aromatic N) is 3. The molecule has 0 bridgehead atoms. The summed E-state index contributed by atoms with van der Waals surface area (Å²) in [4.78, 5) is 14.3. The molecular weight excluding hydrogens is 313 g/mol. The van der Waals surface area contributed by atoms with Gasteiger partial charge in [-0.15, -0.1) is 0 Å². The molecule has 0 aromatic carbocycles. The highest BCUT2D eigenvalue weighted by Crippen LogP contribution is 2.18. The number of hydrogen-bond donors (Lipinski definition) is 2. The number of alkyl halides is 3. The number of aliphatic hydroxyl groups is 1. The van der Waals surface area contributed by atoms with E-state index in [9.17, 15) is 23.1 Å². The molecule has 23 heavy (non-hydrogen) atoms. The lowest BCUT2D eigenvalue weighted by atomic mass is 10.1. The maximum absolute atomic E-state index is 12.5. The average Bonchev–Trinajstić information content (AvgIpc) is 2.93. The summed E-state index contributed by atoms with van der Waals surface area (Å²) in [7, 11) is 0. The summed E-state index contributed by atoms with van der Waals surface area (Å²) in [6, 6.07) is 0.714. The summed E-state index contributed by atoms with van der Waals surface area (Å²) in [5, 5.41) is 15.5. The largest absolute Gasteiger partial charge is 0.408 e. The molecule has 1 amide bonds. The SMILES string of the molecule is O=C(NC(CO)CN1CCCCC1)c1ccnn1CC(F)(F)F. The van der Waals surface area contributed by atoms with E-state index < -0.39 is 24.7 Å². The van der Waals surface area contributed by atoms with Crippen LogP contribution in [0.2, 0.25) is 0 Å². The van der Waals surface area contributed by atoms with Crippen molar-refractivity contribution in [2.24, 2.45) is 0 Å². The Labute approximate surface area is 132 Å². The third kappa shape index (κ3) is 5.51. The Morgan fingerprint density at radius 3 is 2.65 bits per heavy atom. The predicted molar refractivity (Wildman–Crippen MR) is 76.9 cm³/mol. The van der Waals surface area contributed by atoms with Gasteiger partial charge < -0.3 is 15.3 Å². The lowest BCUT2D eigenvalue weighted by Gasteiger charge is -2.30. The third-order valence-corrected chi connectivity index (χ3v) is 3.76. The smallest absolute Gasteiger partial charge is 0.394 e. The third-order valence-electron chi connectivity index (χ3n) is 3.76. The summed E-state index contributed by atoms with van der Waals surface area (Å²) in [5.74, 6) is -0.664. The van der Waals surface area contributed by atoms with Crippen molar-refractivity contribution >= 4 is 5.91 Å². The molecule has 1 aliphatic rings. The molecule has 1 saturated heterocycles. The average molecular weight is 334 g/mol. The van der Waals surface area contributed by atoms with E-state index in [0.717, 1.165) is 32.1 Å². The van der Waals surface area contributed by atoms with Crippen LogP contribution in [0.4, 0.5) is 13.2 Å². The van der Waals surface area contributed by atoms with Crippen molar-refractivity contribution in [2.45, 2.75) is 38.0 Å². The van der Waals surface area contributed by atoms with Gasteiger partial charge in [0.25, 0.3) is 5.91 Å². The van der Waals surface area contributed by atoms with Crippen molar-refractivity contribution in [1.82, 2.24) is 20.0 Å². The minimum absolute atomic E-state index is 0.167. The van der Waals surface area contributed by atoms with Gasteiger partial charge in [-0.2, -0.15) is 18.3 Å². The van der Waals surface area contributed by atoms with Gasteiger partial charge in [-0.05, 0) is 32.0 Å². The highest BCUT2D eigenvalue weighted by molar-refractivity contribution is 5.92. The highest BCUT2D eigenvalue weighted by atomic mass is 19.4. The van der Waals surface area contributed by atoms with Crippen molar-refractivity contribution in [1.29, 1.82) is 0 Å². The van der Waals surface area contributed by atoms with E-state index in [1.54, 1.807) is 0 Å². The van der Waals surface area contributed by atoms with Crippen LogP contribution in [0.25, 0.3) is 0 Å². The van der Waals surface area contributed by atoms with Gasteiger partial charge in [-0.25, -0.2) is 0 Å². The molecule has 1 aliphatic heterocycles. The summed E-state index contributed by atoms with van der Waals surface area (Å²) in [6.45, 7) is 0.695. The van der Waals surface area contributed by atoms with Crippen LogP contribution >= 0.6 is 0 Å². The van der Waals surface area contributed by atoms with E-state index in [0.29, 0.717) is 11.2 Å². The Balaban J connectivity index is 1.95. The summed E-state index contributed by atoms with van der Waals surface area (Å²) in [5.41, 5.74) is -0.167. The second-order valence-corrected chi connectivity index (χ2v) is 5.70. The number of carbonyl (C=O) groups excluding carboxylic acids is 1. The number of carbonyl (C=O) groups is 1. The first-order chi connectivity index (χ1) is 10.9. The fraction of sp³-hybridized carbons (Fsp3) is 0.714. The highest BCUT2D eigenvalue weighted by Gasteiger charge is 2.30. The zero-order valence-corrected chi connectivity index (χ0v) is 12.7. The first-order valence-electron chi connectivity index (χ1n) is 7.61. The van der Waals surface area contributed by atoms with Crippen molar-refractivity contribution < 1.29 is 23.1 Å². The molecule has 1 aromatic heterocycles. The summed E-state index contributed by atoms with van der Waals surface area (Å²) >= 11 is 0. The second-order valence-electron chi connectivity index (χ2n) is 5.70. The number of amides is 1. The first-order valence-corrected chi connectivity index (χ1v) is 7.61. The Hall–Kier alpha value is -1.61. The normalized spacial score (nSPS) is 17.9. The molecular formula is C14H21F3N4O2. The van der Waals surface area contributed by atoms with Crippen LogP contribution in [0, 0.1) is 0 Å². The lowest BCUT2D eigenvalue weighted by Crippen LogP contribution is -2.47. The van der Waals surface area contributed by atoms with Gasteiger partial charge in [0.2, 0.25) is 0 Å². The van der Waals surface area contributed by atoms with Crippen LogP contribution < -0.4 is 5.32 Å². The maximum Gasteiger partial charge on any atom is 0.408 e. The molecule has 0 spiro atoms. The fourth-order valence-electron chi connectivity index (χ4n) is 2.68. The van der Waals surface area contributed by atoms with E-state index in [4.69, 9.17) is 0 Å². The number of rotatable bonds is 6. The molecule has 1 atom stereocenters. The molecule has 0 saturated carbocycles. The second kappa shape index (κ2) is 7.78. The van der Waals surface area contributed by atoms with Gasteiger partial charge in [0.1, 0.15) is 12.2 Å². The predicted octanol–water partition coefficient (Wildman–Crippen LogP) is 1.02. The molecule has 130 valence electrons. The van der Waals surface area contributed by atoms with Gasteiger partial charge in [0.05, 0.1) is 12.6 Å². The molecule has 1 fully saturated rings. The van der Waals surface area contributed by atoms with Crippen LogP contribution in [-0.4, -0.2) is 64.2 Å². The number of likely N-dealkylation sites (tertiary alicyclic amines) is 1. The molecule has 6 nitrogen and oxygen atoms in total. The van der Waals surface area contributed by atoms with E-state index in [2.05, 4.69) is 15.3 Å². The number of nitrogens with one attached hydrogen (secondary N) is 1. The lowest BCUT2D eigenvalue weighted by molar-refractivity contribution is -0.142. The molecule has 0 aliphatic carbocycles. The van der Waals surface area contributed by atoms with Gasteiger partial charge >= 0.3 is 6.18 Å². The number of hydrogen-bond acceptors (Lipinski definition) is 4. The molecule has 0 radical (unpaired) electrons. The van der Waals surface area contributed by atoms with Crippen LogP contribution in [0.15, 0.2) is 12.3 Å². The molecule has 9 heteroatoms. The maximum atomic E-state index is 12.5. The fourth-order valence-corrected chi connectivity index (χ4v) is 2.68. The first kappa shape index (κ1) is 17.7. The monoisotopic (exact) mass is 334 g/mol. The Morgan fingerprint density at radius 1 is 1.35 bits per heavy atom. The summed E-state index contributed by atoms with van der Waals surface area (Å²) < 4.78 is 38.0. The number of aliphatic hydroxyl groups excluding tert-OH is 1. The Morgan fingerprint density at radius 2 is 2.04 bits per heavy atom. The van der Waals surface area contributed by atoms with Crippen molar-refractivity contribution in [3.05, 3.63) is 18.0 Å². The molecule has 2 N–H and O–H groups in total. The summed E-state index contributed by atoms with van der Waals surface area (Å²) in [6.07, 6.45) is 0.0165. The van der Waals surface area contributed by atoms with E-state index in [1.165, 1.54) is 12.5 Å². The van der Waals surface area contributed by atoms with E-state index in [-0.39, 0.29) is 12.3 Å². The van der Waals surface area contributed by atoms with E-state index in [1.807, 2.05) is 0 Å². The van der Waals surface area contributed by atoms with E-state index >= 15 is 0 Å². The van der Waals surface area contributed by atoms with Crippen molar-refractivity contribution in [3.8, 4) is 0 Å². The number of halogens is 3. The van der Waals surface area contributed by atoms with Crippen LogP contribution in [0.3, 0.4) is 0 Å². The Bertz CT molecular complexity index is 512. The van der Waals surface area contributed by atoms with Crippen LogP contribution in [-0.2, 0) is 6.54 Å². The number of piperidine rings is 1. The standard InChI is InChI=1S/C14H21F3N4O2/c15-14(16,17)10-21-12(4-5-18-21)13(23)19-11(9-22)8-20-6-2-1-3-7-20/h4-5,11,22H,1-3,6-10H2,(H,19,23). The Kier molecular flexibility index (Phi) is 6.00. The van der Waals surface area contributed by atoms with Gasteiger partial charge in [-0.1, -0.05) is 6.42 Å². The molecule has 2 heterocycles. The quantitative estimate of drug-likeness (QED) is 0.815. The van der Waals surface area contributed by atoms with Gasteiger partial charge in [-0.3, -0.25) is 9.48 Å². The topological polar surface area (TPSA) is 70.4 Å². The van der Waals surface area contributed by atoms with Crippen LogP contribution in [0.1, 0.15) is 29.8 Å². The molecule has 1 unspecified atom stereocenters. The minimum Gasteiger partial charge on any atom is -0.394 e. The van der Waals surface area contributed by atoms with Gasteiger partial charge in [0.15, 0.2) is 0 Å².